The Morgan fingerprint density at radius 2 is 1.67 bits per heavy atom. The smallest absolute Gasteiger partial charge is 0.348 e. The molecule has 3 aromatic rings. The summed E-state index contributed by atoms with van der Waals surface area (Å²) in [6.07, 6.45) is -0.283. The first-order valence-corrected chi connectivity index (χ1v) is 12.8. The third-order valence-corrected chi connectivity index (χ3v) is 7.98. The van der Waals surface area contributed by atoms with Crippen LogP contribution in [0.25, 0.3) is 0 Å². The molecule has 0 aliphatic carbocycles. The number of methoxy groups -OCH3 is 1. The van der Waals surface area contributed by atoms with Gasteiger partial charge in [0.15, 0.2) is 6.61 Å². The quantitative estimate of drug-likeness (QED) is 0.472. The van der Waals surface area contributed by atoms with Crippen molar-refractivity contribution in [3.8, 4) is 11.5 Å². The molecule has 10 heteroatoms. The molecule has 1 amide bonds. The van der Waals surface area contributed by atoms with Gasteiger partial charge in [0.2, 0.25) is 6.10 Å². The maximum Gasteiger partial charge on any atom is 0.348 e. The molecule has 0 spiro atoms. The van der Waals surface area contributed by atoms with Crippen molar-refractivity contribution in [2.45, 2.75) is 17.4 Å². The van der Waals surface area contributed by atoms with Crippen LogP contribution >= 0.6 is 0 Å². The number of nitrogens with zero attached hydrogens (tertiary/aromatic N) is 2. The number of ether oxygens (including phenoxy) is 3. The van der Waals surface area contributed by atoms with Crippen LogP contribution in [-0.4, -0.2) is 53.2 Å². The Hall–Kier alpha value is -4.05. The first-order valence-electron chi connectivity index (χ1n) is 11.4. The van der Waals surface area contributed by atoms with E-state index in [1.165, 1.54) is 40.6 Å². The van der Waals surface area contributed by atoms with E-state index in [4.69, 9.17) is 14.2 Å². The summed E-state index contributed by atoms with van der Waals surface area (Å²) in [5.41, 5.74) is 2.22. The molecule has 0 aromatic heterocycles. The van der Waals surface area contributed by atoms with Gasteiger partial charge in [0.1, 0.15) is 11.5 Å². The van der Waals surface area contributed by atoms with E-state index in [0.717, 1.165) is 5.56 Å². The Bertz CT molecular complexity index is 1410. The lowest BCUT2D eigenvalue weighted by atomic mass is 10.2. The maximum absolute atomic E-state index is 13.2. The topological polar surface area (TPSA) is 102 Å². The lowest BCUT2D eigenvalue weighted by Crippen LogP contribution is -2.48. The SMILES string of the molecule is COC(=O)C1CN(C(=O)COc2ccc(S(=O)(=O)N3CCc4ccccc43)cc2)c2ccccc2O1. The summed E-state index contributed by atoms with van der Waals surface area (Å²) in [6, 6.07) is 20.3. The average Bonchev–Trinajstić information content (AvgIpc) is 3.36. The van der Waals surface area contributed by atoms with Gasteiger partial charge in [0.25, 0.3) is 15.9 Å². The number of rotatable bonds is 6. The van der Waals surface area contributed by atoms with Crippen LogP contribution in [0.3, 0.4) is 0 Å². The number of hydrogen-bond acceptors (Lipinski definition) is 7. The minimum absolute atomic E-state index is 0.0135. The van der Waals surface area contributed by atoms with Crippen molar-refractivity contribution in [2.24, 2.45) is 0 Å². The first-order chi connectivity index (χ1) is 17.4. The van der Waals surface area contributed by atoms with Crippen LogP contribution in [0.5, 0.6) is 11.5 Å². The van der Waals surface area contributed by atoms with Crippen molar-refractivity contribution in [3.63, 3.8) is 0 Å². The van der Waals surface area contributed by atoms with Crippen molar-refractivity contribution in [3.05, 3.63) is 78.4 Å². The van der Waals surface area contributed by atoms with Crippen LogP contribution in [0.4, 0.5) is 11.4 Å². The van der Waals surface area contributed by atoms with Gasteiger partial charge in [0.05, 0.1) is 29.9 Å². The largest absolute Gasteiger partial charge is 0.484 e. The fourth-order valence-corrected chi connectivity index (χ4v) is 5.84. The van der Waals surface area contributed by atoms with Gasteiger partial charge in [0, 0.05) is 6.54 Å². The van der Waals surface area contributed by atoms with Gasteiger partial charge in [-0.15, -0.1) is 0 Å². The number of hydrogen-bond donors (Lipinski definition) is 0. The van der Waals surface area contributed by atoms with Gasteiger partial charge in [-0.3, -0.25) is 9.10 Å². The zero-order valence-electron chi connectivity index (χ0n) is 19.5. The van der Waals surface area contributed by atoms with Crippen LogP contribution in [0.15, 0.2) is 77.7 Å². The predicted octanol–water partition coefficient (Wildman–Crippen LogP) is 2.78. The van der Waals surface area contributed by atoms with Crippen molar-refractivity contribution in [1.29, 1.82) is 0 Å². The number of fused-ring (bicyclic) bond motifs is 2. The third kappa shape index (κ3) is 4.35. The molecular formula is C26H24N2O7S. The van der Waals surface area contributed by atoms with Gasteiger partial charge in [-0.1, -0.05) is 30.3 Å². The Balaban J connectivity index is 1.27. The molecule has 0 N–H and O–H groups in total. The van der Waals surface area contributed by atoms with Gasteiger partial charge in [-0.25, -0.2) is 13.2 Å². The molecule has 1 atom stereocenters. The lowest BCUT2D eigenvalue weighted by molar-refractivity contribution is -0.148. The highest BCUT2D eigenvalue weighted by atomic mass is 32.2. The second-order valence-corrected chi connectivity index (χ2v) is 10.2. The molecule has 0 saturated heterocycles. The van der Waals surface area contributed by atoms with E-state index in [0.29, 0.717) is 35.8 Å². The Morgan fingerprint density at radius 3 is 2.42 bits per heavy atom. The standard InChI is InChI=1S/C26H24N2O7S/c1-33-26(30)24-16-27(22-8-4-5-9-23(22)35-24)25(29)17-34-19-10-12-20(13-11-19)36(31,32)28-15-14-18-6-2-3-7-21(18)28/h2-13,24H,14-17H2,1H3. The summed E-state index contributed by atoms with van der Waals surface area (Å²) >= 11 is 0. The molecule has 5 rings (SSSR count). The molecule has 2 heterocycles. The number of carbonyl (C=O) groups excluding carboxylic acids is 2. The molecule has 9 nitrogen and oxygen atoms in total. The number of benzene rings is 3. The molecule has 186 valence electrons. The Kier molecular flexibility index (Phi) is 6.27. The lowest BCUT2D eigenvalue weighted by Gasteiger charge is -2.33. The summed E-state index contributed by atoms with van der Waals surface area (Å²) in [7, 11) is -2.46. The molecule has 0 fully saturated rings. The molecule has 36 heavy (non-hydrogen) atoms. The maximum atomic E-state index is 13.2. The van der Waals surface area contributed by atoms with Crippen LogP contribution in [0.2, 0.25) is 0 Å². The molecule has 0 saturated carbocycles. The van der Waals surface area contributed by atoms with Gasteiger partial charge < -0.3 is 19.1 Å². The van der Waals surface area contributed by atoms with Crippen LogP contribution < -0.4 is 18.7 Å². The average molecular weight is 509 g/mol. The van der Waals surface area contributed by atoms with E-state index in [1.54, 1.807) is 30.3 Å². The van der Waals surface area contributed by atoms with Crippen molar-refractivity contribution in [1.82, 2.24) is 0 Å². The van der Waals surface area contributed by atoms with Gasteiger partial charge in [-0.2, -0.15) is 0 Å². The van der Waals surface area contributed by atoms with E-state index in [-0.39, 0.29) is 24.0 Å². The second kappa shape index (κ2) is 9.54. The molecule has 2 aliphatic heterocycles. The summed E-state index contributed by atoms with van der Waals surface area (Å²) in [4.78, 5) is 26.6. The minimum Gasteiger partial charge on any atom is -0.484 e. The molecule has 3 aromatic carbocycles. The van der Waals surface area contributed by atoms with Gasteiger partial charge in [-0.05, 0) is 54.4 Å². The van der Waals surface area contributed by atoms with E-state index in [2.05, 4.69) is 0 Å². The van der Waals surface area contributed by atoms with Gasteiger partial charge >= 0.3 is 5.97 Å². The highest BCUT2D eigenvalue weighted by molar-refractivity contribution is 7.92. The van der Waals surface area contributed by atoms with Crippen molar-refractivity contribution in [2.75, 3.05) is 36.0 Å². The normalized spacial score (nSPS) is 16.5. The number of carbonyl (C=O) groups is 2. The number of para-hydroxylation sites is 3. The summed E-state index contributed by atoms with van der Waals surface area (Å²) < 4.78 is 43.9. The molecule has 0 bridgehead atoms. The Labute approximate surface area is 208 Å². The van der Waals surface area contributed by atoms with Crippen LogP contribution in [-0.2, 0) is 30.8 Å². The first kappa shape index (κ1) is 23.7. The number of esters is 1. The summed E-state index contributed by atoms with van der Waals surface area (Å²) in [5, 5.41) is 0. The van der Waals surface area contributed by atoms with E-state index in [1.807, 2.05) is 18.2 Å². The number of amides is 1. The molecule has 0 radical (unpaired) electrons. The highest BCUT2D eigenvalue weighted by Crippen LogP contribution is 2.34. The van der Waals surface area contributed by atoms with E-state index in [9.17, 15) is 18.0 Å². The molecule has 1 unspecified atom stereocenters. The number of sulfonamides is 1. The molecular weight excluding hydrogens is 484 g/mol. The Morgan fingerprint density at radius 1 is 0.972 bits per heavy atom. The fourth-order valence-electron chi connectivity index (χ4n) is 4.34. The highest BCUT2D eigenvalue weighted by Gasteiger charge is 2.35. The third-order valence-electron chi connectivity index (χ3n) is 6.16. The molecule has 2 aliphatic rings. The fraction of sp³-hybridized carbons (Fsp3) is 0.231. The predicted molar refractivity (Wildman–Crippen MR) is 132 cm³/mol. The van der Waals surface area contributed by atoms with Crippen molar-refractivity contribution < 1.29 is 32.2 Å². The van der Waals surface area contributed by atoms with E-state index < -0.39 is 22.1 Å². The number of anilines is 2. The monoisotopic (exact) mass is 508 g/mol. The minimum atomic E-state index is -3.72. The summed E-state index contributed by atoms with van der Waals surface area (Å²) in [5.74, 6) is -0.230. The van der Waals surface area contributed by atoms with Crippen LogP contribution in [0.1, 0.15) is 5.56 Å². The van der Waals surface area contributed by atoms with Crippen molar-refractivity contribution >= 4 is 33.3 Å². The second-order valence-electron chi connectivity index (χ2n) is 8.32. The zero-order valence-corrected chi connectivity index (χ0v) is 20.3. The summed E-state index contributed by atoms with van der Waals surface area (Å²) in [6.45, 7) is 0.0657. The van der Waals surface area contributed by atoms with E-state index >= 15 is 0 Å². The van der Waals surface area contributed by atoms with Crippen LogP contribution in [0, 0.1) is 0 Å². The zero-order chi connectivity index (χ0) is 25.3.